The zero-order valence-electron chi connectivity index (χ0n) is 12.1. The Balaban J connectivity index is 1.70. The third-order valence-electron chi connectivity index (χ3n) is 3.25. The Bertz CT molecular complexity index is 736. The lowest BCUT2D eigenvalue weighted by molar-refractivity contribution is 0.0978. The van der Waals surface area contributed by atoms with Gasteiger partial charge in [-0.2, -0.15) is 5.10 Å². The van der Waals surface area contributed by atoms with E-state index in [0.717, 1.165) is 11.3 Å². The highest BCUT2D eigenvalue weighted by Gasteiger charge is 2.15. The lowest BCUT2D eigenvalue weighted by atomic mass is 10.1. The van der Waals surface area contributed by atoms with Crippen LogP contribution in [0.2, 0.25) is 0 Å². The van der Waals surface area contributed by atoms with Crippen LogP contribution in [0.4, 0.5) is 0 Å². The standard InChI is InChI=1S/C17H15N3OS/c1-12-7-9-13(10-8-12)15-11-22-17(20-19-15)18-16(21)14-5-3-2-4-6-14/h2-10H,11H2,1H3,(H,18,20,21). The minimum atomic E-state index is -0.166. The van der Waals surface area contributed by atoms with Crippen molar-refractivity contribution in [1.29, 1.82) is 0 Å². The number of aryl methyl sites for hydroxylation is 1. The van der Waals surface area contributed by atoms with Crippen LogP contribution in [0.25, 0.3) is 0 Å². The molecule has 2 aromatic carbocycles. The number of amides is 1. The number of nitrogens with zero attached hydrogens (tertiary/aromatic N) is 2. The number of benzene rings is 2. The quantitative estimate of drug-likeness (QED) is 0.926. The maximum Gasteiger partial charge on any atom is 0.257 e. The second-order valence-corrected chi connectivity index (χ2v) is 5.89. The van der Waals surface area contributed by atoms with Gasteiger partial charge >= 0.3 is 0 Å². The third-order valence-corrected chi connectivity index (χ3v) is 4.12. The van der Waals surface area contributed by atoms with E-state index in [1.54, 1.807) is 12.1 Å². The first kappa shape index (κ1) is 14.5. The predicted octanol–water partition coefficient (Wildman–Crippen LogP) is 3.23. The normalized spacial score (nSPS) is 14.0. The van der Waals surface area contributed by atoms with Crippen LogP contribution in [0.3, 0.4) is 0 Å². The van der Waals surface area contributed by atoms with Crippen LogP contribution in [0.15, 0.2) is 64.8 Å². The molecule has 1 aliphatic rings. The first-order valence-corrected chi connectivity index (χ1v) is 7.92. The van der Waals surface area contributed by atoms with Crippen molar-refractivity contribution in [3.63, 3.8) is 0 Å². The summed E-state index contributed by atoms with van der Waals surface area (Å²) in [6, 6.07) is 17.3. The molecule has 1 heterocycles. The van der Waals surface area contributed by atoms with Gasteiger partial charge in [-0.1, -0.05) is 59.8 Å². The largest absolute Gasteiger partial charge is 0.300 e. The third kappa shape index (κ3) is 3.43. The van der Waals surface area contributed by atoms with Crippen LogP contribution in [-0.4, -0.2) is 22.5 Å². The van der Waals surface area contributed by atoms with Gasteiger partial charge in [0, 0.05) is 11.3 Å². The number of thioether (sulfide) groups is 1. The van der Waals surface area contributed by atoms with Crippen molar-refractivity contribution in [2.75, 3.05) is 5.75 Å². The van der Waals surface area contributed by atoms with Crippen molar-refractivity contribution in [2.45, 2.75) is 6.92 Å². The van der Waals surface area contributed by atoms with Gasteiger partial charge in [-0.15, -0.1) is 5.10 Å². The fourth-order valence-electron chi connectivity index (χ4n) is 2.01. The summed E-state index contributed by atoms with van der Waals surface area (Å²) < 4.78 is 0. The number of carbonyl (C=O) groups excluding carboxylic acids is 1. The maximum absolute atomic E-state index is 12.0. The summed E-state index contributed by atoms with van der Waals surface area (Å²) in [5, 5.41) is 11.7. The number of hydrogen-bond acceptors (Lipinski definition) is 4. The molecule has 0 radical (unpaired) electrons. The monoisotopic (exact) mass is 309 g/mol. The molecule has 5 heteroatoms. The zero-order chi connectivity index (χ0) is 15.4. The number of rotatable bonds is 2. The van der Waals surface area contributed by atoms with E-state index in [1.165, 1.54) is 17.3 Å². The van der Waals surface area contributed by atoms with Crippen LogP contribution in [0.1, 0.15) is 21.5 Å². The van der Waals surface area contributed by atoms with Gasteiger partial charge < -0.3 is 0 Å². The predicted molar refractivity (Wildman–Crippen MR) is 91.5 cm³/mol. The number of carbonyl (C=O) groups is 1. The molecule has 0 atom stereocenters. The van der Waals surface area contributed by atoms with Crippen LogP contribution in [0.5, 0.6) is 0 Å². The van der Waals surface area contributed by atoms with E-state index in [2.05, 4.69) is 34.6 Å². The number of amidine groups is 1. The van der Waals surface area contributed by atoms with Crippen molar-refractivity contribution < 1.29 is 4.79 Å². The summed E-state index contributed by atoms with van der Waals surface area (Å²) in [5.74, 6) is 0.526. The van der Waals surface area contributed by atoms with Gasteiger partial charge in [-0.05, 0) is 24.6 Å². The molecule has 3 rings (SSSR count). The minimum Gasteiger partial charge on any atom is -0.300 e. The molecule has 0 aromatic heterocycles. The Hall–Kier alpha value is -2.40. The Morgan fingerprint density at radius 3 is 2.41 bits per heavy atom. The van der Waals surface area contributed by atoms with Crippen molar-refractivity contribution in [3.8, 4) is 0 Å². The van der Waals surface area contributed by atoms with Crippen molar-refractivity contribution in [3.05, 3.63) is 71.3 Å². The number of nitrogens with one attached hydrogen (secondary N) is 1. The fraction of sp³-hybridized carbons (Fsp3) is 0.118. The molecule has 0 unspecified atom stereocenters. The lowest BCUT2D eigenvalue weighted by Gasteiger charge is -2.13. The molecule has 0 fully saturated rings. The fourth-order valence-corrected chi connectivity index (χ4v) is 2.77. The summed E-state index contributed by atoms with van der Waals surface area (Å²) >= 11 is 1.48. The Morgan fingerprint density at radius 1 is 1.05 bits per heavy atom. The topological polar surface area (TPSA) is 53.8 Å². The summed E-state index contributed by atoms with van der Waals surface area (Å²) in [6.45, 7) is 2.05. The van der Waals surface area contributed by atoms with Crippen LogP contribution in [0, 0.1) is 6.92 Å². The molecule has 2 aromatic rings. The minimum absolute atomic E-state index is 0.166. The van der Waals surface area contributed by atoms with E-state index in [4.69, 9.17) is 0 Å². The van der Waals surface area contributed by atoms with Crippen molar-refractivity contribution in [2.24, 2.45) is 10.2 Å². The molecule has 110 valence electrons. The van der Waals surface area contributed by atoms with E-state index in [1.807, 2.05) is 30.3 Å². The van der Waals surface area contributed by atoms with Crippen molar-refractivity contribution >= 4 is 28.5 Å². The second-order valence-electron chi connectivity index (χ2n) is 4.93. The van der Waals surface area contributed by atoms with Gasteiger partial charge in [0.15, 0.2) is 5.17 Å². The first-order chi connectivity index (χ1) is 10.7. The van der Waals surface area contributed by atoms with Crippen molar-refractivity contribution in [1.82, 2.24) is 5.32 Å². The Labute approximate surface area is 133 Å². The first-order valence-electron chi connectivity index (χ1n) is 6.93. The highest BCUT2D eigenvalue weighted by molar-refractivity contribution is 8.14. The molecule has 1 aliphatic heterocycles. The molecule has 4 nitrogen and oxygen atoms in total. The van der Waals surface area contributed by atoms with Gasteiger partial charge in [0.25, 0.3) is 5.91 Å². The average molecular weight is 309 g/mol. The van der Waals surface area contributed by atoms with Crippen LogP contribution in [-0.2, 0) is 0 Å². The summed E-state index contributed by atoms with van der Waals surface area (Å²) in [6.07, 6.45) is 0. The molecule has 0 saturated carbocycles. The lowest BCUT2D eigenvalue weighted by Crippen LogP contribution is -2.30. The average Bonchev–Trinajstić information content (AvgIpc) is 2.57. The maximum atomic E-state index is 12.0. The number of hydrogen-bond donors (Lipinski definition) is 1. The molecule has 0 saturated heterocycles. The molecule has 22 heavy (non-hydrogen) atoms. The van der Waals surface area contributed by atoms with Gasteiger partial charge in [0.05, 0.1) is 5.71 Å². The SMILES string of the molecule is Cc1ccc(C2=NN=C(NC(=O)c3ccccc3)SC2)cc1. The molecule has 1 N–H and O–H groups in total. The van der Waals surface area contributed by atoms with E-state index >= 15 is 0 Å². The van der Waals surface area contributed by atoms with Crippen LogP contribution >= 0.6 is 11.8 Å². The van der Waals surface area contributed by atoms with E-state index in [0.29, 0.717) is 16.5 Å². The van der Waals surface area contributed by atoms with E-state index < -0.39 is 0 Å². The summed E-state index contributed by atoms with van der Waals surface area (Å²) in [7, 11) is 0. The second kappa shape index (κ2) is 6.58. The Kier molecular flexibility index (Phi) is 4.34. The van der Waals surface area contributed by atoms with E-state index in [-0.39, 0.29) is 5.91 Å². The molecule has 0 aliphatic carbocycles. The zero-order valence-corrected chi connectivity index (χ0v) is 12.9. The highest BCUT2D eigenvalue weighted by atomic mass is 32.2. The van der Waals surface area contributed by atoms with Gasteiger partial charge in [-0.3, -0.25) is 10.1 Å². The molecular weight excluding hydrogens is 294 g/mol. The van der Waals surface area contributed by atoms with Crippen LogP contribution < -0.4 is 5.32 Å². The smallest absolute Gasteiger partial charge is 0.257 e. The molecule has 0 spiro atoms. The van der Waals surface area contributed by atoms with E-state index in [9.17, 15) is 4.79 Å². The van der Waals surface area contributed by atoms with Gasteiger partial charge in [0.1, 0.15) is 0 Å². The summed E-state index contributed by atoms with van der Waals surface area (Å²) in [4.78, 5) is 12.0. The van der Waals surface area contributed by atoms with Gasteiger partial charge in [0.2, 0.25) is 0 Å². The molecular formula is C17H15N3OS. The van der Waals surface area contributed by atoms with Gasteiger partial charge in [-0.25, -0.2) is 0 Å². The molecule has 1 amide bonds. The molecule has 0 bridgehead atoms. The highest BCUT2D eigenvalue weighted by Crippen LogP contribution is 2.15. The summed E-state index contributed by atoms with van der Waals surface area (Å²) in [5.41, 5.74) is 3.81. The Morgan fingerprint density at radius 2 is 1.77 bits per heavy atom.